The monoisotopic (exact) mass is 308 g/mol. The first kappa shape index (κ1) is 18.3. The van der Waals surface area contributed by atoms with Gasteiger partial charge in [-0.15, -0.1) is 0 Å². The van der Waals surface area contributed by atoms with E-state index in [1.54, 1.807) is 0 Å². The van der Waals surface area contributed by atoms with Gasteiger partial charge in [-0.05, 0) is 20.8 Å². The summed E-state index contributed by atoms with van der Waals surface area (Å²) in [7, 11) is 0. The molecule has 0 aliphatic rings. The first-order chi connectivity index (χ1) is 7.96. The molecule has 0 heterocycles. The SMILES string of the molecule is CC(C)(OOC(C)(C(F)(F)F)C(F)(F)F)C(F)(F)F. The van der Waals surface area contributed by atoms with Crippen molar-refractivity contribution in [2.45, 2.75) is 50.5 Å². The molecule has 0 radical (unpaired) electrons. The van der Waals surface area contributed by atoms with Gasteiger partial charge in [-0.3, -0.25) is 0 Å². The van der Waals surface area contributed by atoms with Crippen LogP contribution in [0.5, 0.6) is 0 Å². The van der Waals surface area contributed by atoms with E-state index in [-0.39, 0.29) is 13.8 Å². The highest BCUT2D eigenvalue weighted by Crippen LogP contribution is 2.47. The molecule has 0 atom stereocenters. The fraction of sp³-hybridized carbons (Fsp3) is 1.00. The summed E-state index contributed by atoms with van der Waals surface area (Å²) in [5, 5.41) is 0. The zero-order chi connectivity index (χ0) is 15.9. The third-order valence-electron chi connectivity index (χ3n) is 2.18. The van der Waals surface area contributed by atoms with Crippen molar-refractivity contribution in [1.29, 1.82) is 0 Å². The van der Waals surface area contributed by atoms with Gasteiger partial charge in [0.1, 0.15) is 0 Å². The Balaban J connectivity index is 5.22. The highest BCUT2D eigenvalue weighted by atomic mass is 19.4. The normalized spacial score (nSPS) is 15.8. The van der Waals surface area contributed by atoms with E-state index in [2.05, 4.69) is 9.78 Å². The molecule has 0 saturated carbocycles. The minimum Gasteiger partial charge on any atom is -0.220 e. The summed E-state index contributed by atoms with van der Waals surface area (Å²) < 4.78 is 110. The Morgan fingerprint density at radius 2 is 0.842 bits per heavy atom. The molecule has 0 spiro atoms. The Morgan fingerprint density at radius 1 is 0.526 bits per heavy atom. The molecule has 0 saturated heterocycles. The quantitative estimate of drug-likeness (QED) is 0.443. The van der Waals surface area contributed by atoms with Crippen LogP contribution >= 0.6 is 0 Å². The third kappa shape index (κ3) is 3.65. The van der Waals surface area contributed by atoms with E-state index in [4.69, 9.17) is 0 Å². The molecule has 0 unspecified atom stereocenters. The van der Waals surface area contributed by atoms with Crippen molar-refractivity contribution in [3.05, 3.63) is 0 Å². The average Bonchev–Trinajstić information content (AvgIpc) is 2.08. The lowest BCUT2D eigenvalue weighted by Crippen LogP contribution is -2.58. The summed E-state index contributed by atoms with van der Waals surface area (Å²) in [4.78, 5) is 6.43. The Kier molecular flexibility index (Phi) is 4.51. The molecule has 0 aromatic heterocycles. The molecule has 2 nitrogen and oxygen atoms in total. The van der Waals surface area contributed by atoms with Crippen LogP contribution < -0.4 is 0 Å². The number of alkyl halides is 9. The van der Waals surface area contributed by atoms with E-state index < -0.39 is 36.7 Å². The van der Waals surface area contributed by atoms with Gasteiger partial charge in [0.2, 0.25) is 0 Å². The van der Waals surface area contributed by atoms with Crippen LogP contribution in [0.4, 0.5) is 39.5 Å². The zero-order valence-corrected chi connectivity index (χ0v) is 9.72. The fourth-order valence-electron chi connectivity index (χ4n) is 0.490. The van der Waals surface area contributed by atoms with Crippen molar-refractivity contribution in [1.82, 2.24) is 0 Å². The van der Waals surface area contributed by atoms with E-state index in [0.29, 0.717) is 0 Å². The summed E-state index contributed by atoms with van der Waals surface area (Å²) in [5.41, 5.74) is -8.22. The minimum atomic E-state index is -6.01. The number of halogens is 9. The van der Waals surface area contributed by atoms with Gasteiger partial charge in [0, 0.05) is 0 Å². The average molecular weight is 308 g/mol. The summed E-state index contributed by atoms with van der Waals surface area (Å²) >= 11 is 0. The van der Waals surface area contributed by atoms with Gasteiger partial charge in [-0.2, -0.15) is 39.5 Å². The summed E-state index contributed by atoms with van der Waals surface area (Å²) in [6.07, 6.45) is -17.2. The predicted molar refractivity (Wildman–Crippen MR) is 42.8 cm³/mol. The van der Waals surface area contributed by atoms with Crippen LogP contribution in [0, 0.1) is 0 Å². The van der Waals surface area contributed by atoms with Crippen LogP contribution in [-0.4, -0.2) is 29.7 Å². The molecule has 19 heavy (non-hydrogen) atoms. The van der Waals surface area contributed by atoms with Crippen LogP contribution in [0.15, 0.2) is 0 Å². The molecule has 0 bridgehead atoms. The van der Waals surface area contributed by atoms with Crippen molar-refractivity contribution in [2.75, 3.05) is 0 Å². The lowest BCUT2D eigenvalue weighted by molar-refractivity contribution is -0.517. The Morgan fingerprint density at radius 3 is 1.05 bits per heavy atom. The molecule has 116 valence electrons. The van der Waals surface area contributed by atoms with Gasteiger partial charge >= 0.3 is 18.5 Å². The Labute approximate surface area is 101 Å². The molecule has 0 fully saturated rings. The number of hydrogen-bond acceptors (Lipinski definition) is 2. The summed E-state index contributed by atoms with van der Waals surface area (Å²) in [6.45, 7) is -0.0280. The van der Waals surface area contributed by atoms with Crippen LogP contribution in [0.1, 0.15) is 20.8 Å². The minimum absolute atomic E-state index is 0.222. The molecule has 0 aliphatic carbocycles. The van der Waals surface area contributed by atoms with Gasteiger partial charge < -0.3 is 0 Å². The van der Waals surface area contributed by atoms with E-state index >= 15 is 0 Å². The highest BCUT2D eigenvalue weighted by molar-refractivity contribution is 4.91. The van der Waals surface area contributed by atoms with Crippen molar-refractivity contribution in [3.63, 3.8) is 0 Å². The van der Waals surface area contributed by atoms with Crippen LogP contribution in [0.25, 0.3) is 0 Å². The maximum absolute atomic E-state index is 12.3. The fourth-order valence-corrected chi connectivity index (χ4v) is 0.490. The van der Waals surface area contributed by atoms with Crippen LogP contribution in [0.2, 0.25) is 0 Å². The topological polar surface area (TPSA) is 18.5 Å². The molecule has 0 rings (SSSR count). The zero-order valence-electron chi connectivity index (χ0n) is 9.72. The number of hydrogen-bond donors (Lipinski definition) is 0. The molecule has 0 aliphatic heterocycles. The largest absolute Gasteiger partial charge is 0.429 e. The molecule has 0 N–H and O–H groups in total. The summed E-state index contributed by atoms with van der Waals surface area (Å²) in [5.74, 6) is 0. The standard InChI is InChI=1S/C8H9F9O2/c1-4(2,6(9,10)11)18-19-5(3,7(12,13)14)8(15,16)17/h1-3H3. The third-order valence-corrected chi connectivity index (χ3v) is 2.18. The van der Waals surface area contributed by atoms with Gasteiger partial charge in [0.25, 0.3) is 5.60 Å². The van der Waals surface area contributed by atoms with Crippen molar-refractivity contribution >= 4 is 0 Å². The first-order valence-electron chi connectivity index (χ1n) is 4.53. The molecular weight excluding hydrogens is 299 g/mol. The van der Waals surface area contributed by atoms with E-state index in [1.807, 2.05) is 0 Å². The van der Waals surface area contributed by atoms with Crippen molar-refractivity contribution < 1.29 is 49.3 Å². The van der Waals surface area contributed by atoms with Gasteiger partial charge in [0.15, 0.2) is 5.60 Å². The highest BCUT2D eigenvalue weighted by Gasteiger charge is 2.71. The molecule has 0 aromatic carbocycles. The van der Waals surface area contributed by atoms with Gasteiger partial charge in [-0.1, -0.05) is 0 Å². The summed E-state index contributed by atoms with van der Waals surface area (Å²) in [6, 6.07) is 0. The molecular formula is C8H9F9O2. The van der Waals surface area contributed by atoms with Gasteiger partial charge in [-0.25, -0.2) is 9.78 Å². The predicted octanol–water partition coefficient (Wildman–Crippen LogP) is 4.16. The Bertz CT molecular complexity index is 298. The maximum Gasteiger partial charge on any atom is 0.429 e. The van der Waals surface area contributed by atoms with Gasteiger partial charge in [0.05, 0.1) is 0 Å². The maximum atomic E-state index is 12.3. The lowest BCUT2D eigenvalue weighted by atomic mass is 10.1. The van der Waals surface area contributed by atoms with E-state index in [9.17, 15) is 39.5 Å². The van der Waals surface area contributed by atoms with E-state index in [0.717, 1.165) is 0 Å². The molecule has 0 aromatic rings. The first-order valence-corrected chi connectivity index (χ1v) is 4.53. The molecule has 0 amide bonds. The van der Waals surface area contributed by atoms with Crippen molar-refractivity contribution in [3.8, 4) is 0 Å². The number of rotatable bonds is 3. The van der Waals surface area contributed by atoms with Crippen molar-refractivity contribution in [2.24, 2.45) is 0 Å². The van der Waals surface area contributed by atoms with Crippen LogP contribution in [-0.2, 0) is 9.78 Å². The lowest BCUT2D eigenvalue weighted by Gasteiger charge is -2.35. The second-order valence-electron chi connectivity index (χ2n) is 4.20. The smallest absolute Gasteiger partial charge is 0.220 e. The van der Waals surface area contributed by atoms with Crippen LogP contribution in [0.3, 0.4) is 0 Å². The second-order valence-corrected chi connectivity index (χ2v) is 4.20. The molecule has 11 heteroatoms. The second kappa shape index (κ2) is 4.69. The Hall–Kier alpha value is -0.710. The van der Waals surface area contributed by atoms with E-state index in [1.165, 1.54) is 0 Å².